The number of nitrogens with one attached hydrogen (secondary N) is 1. The van der Waals surface area contributed by atoms with E-state index in [1.54, 1.807) is 31.4 Å². The van der Waals surface area contributed by atoms with Gasteiger partial charge in [-0.1, -0.05) is 6.07 Å². The molecule has 2 aromatic carbocycles. The van der Waals surface area contributed by atoms with E-state index in [-0.39, 0.29) is 23.5 Å². The van der Waals surface area contributed by atoms with Crippen molar-refractivity contribution in [1.82, 2.24) is 10.2 Å². The molecule has 1 heterocycles. The number of benzene rings is 2. The number of likely N-dealkylation sites (tertiary alicyclic amines) is 1. The van der Waals surface area contributed by atoms with Gasteiger partial charge in [0.2, 0.25) is 0 Å². The Morgan fingerprint density at radius 3 is 2.40 bits per heavy atom. The van der Waals surface area contributed by atoms with Crippen LogP contribution in [0.3, 0.4) is 0 Å². The quantitative estimate of drug-likeness (QED) is 0.712. The summed E-state index contributed by atoms with van der Waals surface area (Å²) in [7, 11) is 3.02. The highest BCUT2D eigenvalue weighted by molar-refractivity contribution is 5.95. The first-order chi connectivity index (χ1) is 14.5. The largest absolute Gasteiger partial charge is 0.494 e. The van der Waals surface area contributed by atoms with Crippen molar-refractivity contribution in [3.8, 4) is 17.2 Å². The number of methoxy groups -OCH3 is 2. The molecule has 30 heavy (non-hydrogen) atoms. The molecule has 0 unspecified atom stereocenters. The van der Waals surface area contributed by atoms with Gasteiger partial charge >= 0.3 is 0 Å². The molecule has 2 aromatic rings. The van der Waals surface area contributed by atoms with Crippen LogP contribution in [0.5, 0.6) is 17.2 Å². The molecule has 0 saturated carbocycles. The van der Waals surface area contributed by atoms with Crippen LogP contribution in [0.1, 0.15) is 35.7 Å². The van der Waals surface area contributed by atoms with Gasteiger partial charge < -0.3 is 19.5 Å². The molecule has 1 N–H and O–H groups in total. The Hall–Kier alpha value is -2.80. The second-order valence-electron chi connectivity index (χ2n) is 7.29. The molecule has 162 valence electrons. The summed E-state index contributed by atoms with van der Waals surface area (Å²) in [5.74, 6) is 0.965. The Morgan fingerprint density at radius 1 is 1.07 bits per heavy atom. The maximum atomic E-state index is 13.9. The van der Waals surface area contributed by atoms with E-state index in [0.29, 0.717) is 30.2 Å². The summed E-state index contributed by atoms with van der Waals surface area (Å²) in [6.07, 6.45) is 1.69. The molecule has 0 aliphatic carbocycles. The normalized spacial score (nSPS) is 14.9. The average molecular weight is 416 g/mol. The van der Waals surface area contributed by atoms with Crippen LogP contribution >= 0.6 is 0 Å². The fourth-order valence-electron chi connectivity index (χ4n) is 3.65. The number of nitrogens with zero attached hydrogens (tertiary/aromatic N) is 1. The Kier molecular flexibility index (Phi) is 7.52. The average Bonchev–Trinajstić information content (AvgIpc) is 2.75. The summed E-state index contributed by atoms with van der Waals surface area (Å²) in [5, 5.41) is 3.11. The maximum Gasteiger partial charge on any atom is 0.251 e. The van der Waals surface area contributed by atoms with Gasteiger partial charge in [-0.2, -0.15) is 0 Å². The minimum Gasteiger partial charge on any atom is -0.494 e. The van der Waals surface area contributed by atoms with Crippen molar-refractivity contribution < 1.29 is 23.4 Å². The number of piperidine rings is 1. The van der Waals surface area contributed by atoms with Gasteiger partial charge in [-0.05, 0) is 55.7 Å². The number of ether oxygens (including phenoxy) is 3. The zero-order valence-corrected chi connectivity index (χ0v) is 17.7. The first-order valence-corrected chi connectivity index (χ1v) is 10.2. The van der Waals surface area contributed by atoms with E-state index in [9.17, 15) is 9.18 Å². The number of amides is 1. The topological polar surface area (TPSA) is 60.0 Å². The summed E-state index contributed by atoms with van der Waals surface area (Å²) in [6, 6.07) is 10.4. The molecule has 0 spiro atoms. The van der Waals surface area contributed by atoms with Crippen molar-refractivity contribution in [2.24, 2.45) is 0 Å². The zero-order valence-electron chi connectivity index (χ0n) is 17.7. The van der Waals surface area contributed by atoms with E-state index in [2.05, 4.69) is 10.2 Å². The second kappa shape index (κ2) is 10.3. The highest BCUT2D eigenvalue weighted by Crippen LogP contribution is 2.28. The van der Waals surface area contributed by atoms with E-state index >= 15 is 0 Å². The highest BCUT2D eigenvalue weighted by Gasteiger charge is 2.22. The summed E-state index contributed by atoms with van der Waals surface area (Å²) >= 11 is 0. The standard InChI is InChI=1S/C23H29FN2O4/c1-4-30-21-8-6-17(14-22(21)29-3)23(27)25-18-9-11-26(12-10-18)15-16-5-7-20(28-2)19(24)13-16/h5-8,13-14,18H,4,9-12,15H2,1-3H3,(H,25,27). The number of rotatable bonds is 8. The number of halogens is 1. The molecule has 3 rings (SSSR count). The summed E-state index contributed by atoms with van der Waals surface area (Å²) in [6.45, 7) is 4.79. The van der Waals surface area contributed by atoms with E-state index in [0.717, 1.165) is 31.5 Å². The van der Waals surface area contributed by atoms with Gasteiger partial charge in [0, 0.05) is 31.2 Å². The molecule has 1 aliphatic rings. The molecule has 1 amide bonds. The van der Waals surface area contributed by atoms with Gasteiger partial charge in [0.25, 0.3) is 5.91 Å². The van der Waals surface area contributed by atoms with Crippen LogP contribution < -0.4 is 19.5 Å². The molecule has 0 radical (unpaired) electrons. The van der Waals surface area contributed by atoms with Gasteiger partial charge in [-0.25, -0.2) is 4.39 Å². The molecular weight excluding hydrogens is 387 g/mol. The van der Waals surface area contributed by atoms with Gasteiger partial charge in [0.15, 0.2) is 23.1 Å². The lowest BCUT2D eigenvalue weighted by Crippen LogP contribution is -2.44. The SMILES string of the molecule is CCOc1ccc(C(=O)NC2CCN(Cc3ccc(OC)c(F)c3)CC2)cc1OC. The Morgan fingerprint density at radius 2 is 1.77 bits per heavy atom. The lowest BCUT2D eigenvalue weighted by Gasteiger charge is -2.32. The predicted molar refractivity (Wildman–Crippen MR) is 113 cm³/mol. The number of hydrogen-bond donors (Lipinski definition) is 1. The van der Waals surface area contributed by atoms with Crippen molar-refractivity contribution in [2.45, 2.75) is 32.4 Å². The molecule has 6 nitrogen and oxygen atoms in total. The van der Waals surface area contributed by atoms with Crippen molar-refractivity contribution >= 4 is 5.91 Å². The number of carbonyl (C=O) groups is 1. The monoisotopic (exact) mass is 416 g/mol. The van der Waals surface area contributed by atoms with Gasteiger partial charge in [-0.3, -0.25) is 9.69 Å². The first-order valence-electron chi connectivity index (χ1n) is 10.2. The minimum atomic E-state index is -0.345. The van der Waals surface area contributed by atoms with E-state index in [4.69, 9.17) is 14.2 Å². The smallest absolute Gasteiger partial charge is 0.251 e. The van der Waals surface area contributed by atoms with Crippen LogP contribution in [0.25, 0.3) is 0 Å². The third-order valence-corrected chi connectivity index (χ3v) is 5.27. The van der Waals surface area contributed by atoms with Crippen molar-refractivity contribution in [3.63, 3.8) is 0 Å². The third kappa shape index (κ3) is 5.42. The first kappa shape index (κ1) is 21.9. The van der Waals surface area contributed by atoms with Crippen LogP contribution in [0.15, 0.2) is 36.4 Å². The highest BCUT2D eigenvalue weighted by atomic mass is 19.1. The van der Waals surface area contributed by atoms with E-state index in [1.165, 1.54) is 13.2 Å². The fraction of sp³-hybridized carbons (Fsp3) is 0.435. The van der Waals surface area contributed by atoms with Crippen LogP contribution in [0.4, 0.5) is 4.39 Å². The molecular formula is C23H29FN2O4. The van der Waals surface area contributed by atoms with Crippen LogP contribution in [-0.4, -0.2) is 50.8 Å². The Bertz CT molecular complexity index is 866. The number of carbonyl (C=O) groups excluding carboxylic acids is 1. The van der Waals surface area contributed by atoms with Crippen molar-refractivity contribution in [1.29, 1.82) is 0 Å². The van der Waals surface area contributed by atoms with Gasteiger partial charge in [-0.15, -0.1) is 0 Å². The van der Waals surface area contributed by atoms with Crippen molar-refractivity contribution in [3.05, 3.63) is 53.3 Å². The summed E-state index contributed by atoms with van der Waals surface area (Å²) in [4.78, 5) is 14.9. The maximum absolute atomic E-state index is 13.9. The molecule has 1 aliphatic heterocycles. The van der Waals surface area contributed by atoms with Crippen LogP contribution in [0, 0.1) is 5.82 Å². The second-order valence-corrected chi connectivity index (χ2v) is 7.29. The molecule has 7 heteroatoms. The molecule has 1 saturated heterocycles. The molecule has 0 aromatic heterocycles. The minimum absolute atomic E-state index is 0.110. The molecule has 0 atom stereocenters. The molecule has 0 bridgehead atoms. The third-order valence-electron chi connectivity index (χ3n) is 5.27. The summed E-state index contributed by atoms with van der Waals surface area (Å²) in [5.41, 5.74) is 1.46. The van der Waals surface area contributed by atoms with E-state index < -0.39 is 0 Å². The van der Waals surface area contributed by atoms with Crippen molar-refractivity contribution in [2.75, 3.05) is 33.9 Å². The van der Waals surface area contributed by atoms with Crippen LogP contribution in [0.2, 0.25) is 0 Å². The van der Waals surface area contributed by atoms with Gasteiger partial charge in [0.05, 0.1) is 20.8 Å². The predicted octanol–water partition coefficient (Wildman–Crippen LogP) is 3.64. The Balaban J connectivity index is 1.52. The van der Waals surface area contributed by atoms with E-state index in [1.807, 2.05) is 13.0 Å². The number of hydrogen-bond acceptors (Lipinski definition) is 5. The molecule has 1 fully saturated rings. The lowest BCUT2D eigenvalue weighted by atomic mass is 10.0. The fourth-order valence-corrected chi connectivity index (χ4v) is 3.65. The van der Waals surface area contributed by atoms with Gasteiger partial charge in [0.1, 0.15) is 0 Å². The Labute approximate surface area is 176 Å². The summed E-state index contributed by atoms with van der Waals surface area (Å²) < 4.78 is 29.7. The van der Waals surface area contributed by atoms with Crippen LogP contribution in [-0.2, 0) is 6.54 Å². The lowest BCUT2D eigenvalue weighted by molar-refractivity contribution is 0.0908. The zero-order chi connectivity index (χ0) is 21.5.